The molecule has 0 radical (unpaired) electrons. The Kier molecular flexibility index (Phi) is 2.64. The number of rotatable bonds is 1. The summed E-state index contributed by atoms with van der Waals surface area (Å²) in [6.07, 6.45) is 9.09. The van der Waals surface area contributed by atoms with Gasteiger partial charge in [-0.1, -0.05) is 5.57 Å². The largest absolute Gasteiger partial charge is 0.346 e. The summed E-state index contributed by atoms with van der Waals surface area (Å²) in [5.74, 6) is 0. The Morgan fingerprint density at radius 2 is 2.14 bits per heavy atom. The SMILES string of the molecule is N#CC=C1CCN(n2cnc3cnc4[nH]ccc4c32)CC1. The minimum Gasteiger partial charge on any atom is -0.346 e. The molecule has 4 rings (SSSR count). The van der Waals surface area contributed by atoms with E-state index in [1.807, 2.05) is 18.6 Å². The van der Waals surface area contributed by atoms with E-state index in [1.165, 1.54) is 5.57 Å². The number of hydrogen-bond donors (Lipinski definition) is 1. The lowest BCUT2D eigenvalue weighted by Gasteiger charge is -2.31. The third kappa shape index (κ3) is 1.86. The quantitative estimate of drug-likeness (QED) is 0.692. The topological polar surface area (TPSA) is 73.5 Å². The number of fused-ring (bicyclic) bond motifs is 3. The van der Waals surface area contributed by atoms with Crippen LogP contribution in [-0.4, -0.2) is 32.7 Å². The number of allylic oxidation sites excluding steroid dienone is 1. The van der Waals surface area contributed by atoms with E-state index in [1.54, 1.807) is 12.3 Å². The van der Waals surface area contributed by atoms with E-state index < -0.39 is 0 Å². The van der Waals surface area contributed by atoms with Gasteiger partial charge in [0.05, 0.1) is 12.3 Å². The minimum atomic E-state index is 0.881. The molecule has 4 heterocycles. The fourth-order valence-corrected chi connectivity index (χ4v) is 2.94. The van der Waals surface area contributed by atoms with Gasteiger partial charge in [0.25, 0.3) is 0 Å². The Morgan fingerprint density at radius 3 is 2.95 bits per heavy atom. The lowest BCUT2D eigenvalue weighted by Crippen LogP contribution is -2.39. The number of nitriles is 1. The van der Waals surface area contributed by atoms with Crippen LogP contribution in [0.15, 0.2) is 36.4 Å². The van der Waals surface area contributed by atoms with Gasteiger partial charge in [-0.05, 0) is 18.9 Å². The molecule has 6 heteroatoms. The Labute approximate surface area is 121 Å². The van der Waals surface area contributed by atoms with Gasteiger partial charge in [0, 0.05) is 30.7 Å². The lowest BCUT2D eigenvalue weighted by molar-refractivity contribution is 0.548. The molecule has 1 N–H and O–H groups in total. The van der Waals surface area contributed by atoms with Crippen molar-refractivity contribution in [3.63, 3.8) is 0 Å². The molecule has 0 amide bonds. The van der Waals surface area contributed by atoms with Crippen LogP contribution in [0.25, 0.3) is 22.1 Å². The fraction of sp³-hybridized carbons (Fsp3) is 0.267. The average Bonchev–Trinajstić information content (AvgIpc) is 3.14. The summed E-state index contributed by atoms with van der Waals surface area (Å²) in [6, 6.07) is 4.16. The van der Waals surface area contributed by atoms with Crippen LogP contribution in [0.1, 0.15) is 12.8 Å². The van der Waals surface area contributed by atoms with Crippen molar-refractivity contribution < 1.29 is 0 Å². The molecule has 1 aliphatic rings. The molecule has 1 aliphatic heterocycles. The zero-order chi connectivity index (χ0) is 14.2. The molecule has 104 valence electrons. The van der Waals surface area contributed by atoms with E-state index in [0.29, 0.717) is 0 Å². The van der Waals surface area contributed by atoms with E-state index in [4.69, 9.17) is 5.26 Å². The summed E-state index contributed by atoms with van der Waals surface area (Å²) < 4.78 is 2.12. The number of piperidine rings is 1. The van der Waals surface area contributed by atoms with Crippen molar-refractivity contribution in [1.82, 2.24) is 19.6 Å². The number of imidazole rings is 1. The molecule has 21 heavy (non-hydrogen) atoms. The normalized spacial score (nSPS) is 15.6. The molecule has 0 atom stereocenters. The number of H-pyrrole nitrogens is 1. The molecule has 0 bridgehead atoms. The van der Waals surface area contributed by atoms with Gasteiger partial charge in [0.15, 0.2) is 0 Å². The van der Waals surface area contributed by atoms with Crippen molar-refractivity contribution in [2.75, 3.05) is 18.1 Å². The average molecular weight is 278 g/mol. The van der Waals surface area contributed by atoms with Gasteiger partial charge in [-0.15, -0.1) is 0 Å². The number of hydrogen-bond acceptors (Lipinski definition) is 4. The van der Waals surface area contributed by atoms with Crippen LogP contribution in [0.5, 0.6) is 0 Å². The van der Waals surface area contributed by atoms with Gasteiger partial charge >= 0.3 is 0 Å². The van der Waals surface area contributed by atoms with Crippen molar-refractivity contribution in [3.05, 3.63) is 36.4 Å². The van der Waals surface area contributed by atoms with E-state index in [-0.39, 0.29) is 0 Å². The van der Waals surface area contributed by atoms with Crippen LogP contribution in [0.3, 0.4) is 0 Å². The highest BCUT2D eigenvalue weighted by molar-refractivity contribution is 6.01. The van der Waals surface area contributed by atoms with Crippen LogP contribution < -0.4 is 5.01 Å². The summed E-state index contributed by atoms with van der Waals surface area (Å²) in [5, 5.41) is 12.1. The molecular formula is C15H14N6. The zero-order valence-electron chi connectivity index (χ0n) is 11.5. The van der Waals surface area contributed by atoms with Gasteiger partial charge < -0.3 is 9.99 Å². The van der Waals surface area contributed by atoms with Crippen molar-refractivity contribution in [3.8, 4) is 6.07 Å². The third-order valence-corrected chi connectivity index (χ3v) is 4.03. The van der Waals surface area contributed by atoms with Gasteiger partial charge in [0.2, 0.25) is 0 Å². The summed E-state index contributed by atoms with van der Waals surface area (Å²) in [5.41, 5.74) is 4.10. The van der Waals surface area contributed by atoms with Gasteiger partial charge in [-0.25, -0.2) is 14.6 Å². The molecule has 6 nitrogen and oxygen atoms in total. The Hall–Kier alpha value is -2.81. The monoisotopic (exact) mass is 278 g/mol. The standard InChI is InChI=1S/C15H14N6/c16-5-1-11-3-7-20(8-4-11)21-10-19-13-9-18-15-12(14(13)21)2-6-17-15/h1-2,6,9-10H,3-4,7-8H2,(H,17,18). The molecule has 3 aromatic heterocycles. The second-order valence-electron chi connectivity index (χ2n) is 5.21. The van der Waals surface area contributed by atoms with Gasteiger partial charge in [-0.2, -0.15) is 5.26 Å². The van der Waals surface area contributed by atoms with Crippen molar-refractivity contribution in [1.29, 1.82) is 5.26 Å². The van der Waals surface area contributed by atoms with E-state index in [0.717, 1.165) is 48.0 Å². The zero-order valence-corrected chi connectivity index (χ0v) is 11.5. The first-order valence-electron chi connectivity index (χ1n) is 6.99. The van der Waals surface area contributed by atoms with Crippen molar-refractivity contribution >= 4 is 22.1 Å². The number of aromatic amines is 1. The molecule has 0 aliphatic carbocycles. The summed E-state index contributed by atoms with van der Waals surface area (Å²) in [7, 11) is 0. The maximum atomic E-state index is 8.74. The van der Waals surface area contributed by atoms with Crippen LogP contribution >= 0.6 is 0 Å². The van der Waals surface area contributed by atoms with Crippen molar-refractivity contribution in [2.45, 2.75) is 12.8 Å². The van der Waals surface area contributed by atoms with E-state index in [2.05, 4.69) is 30.7 Å². The first kappa shape index (κ1) is 12.0. The molecule has 0 saturated carbocycles. The molecule has 0 unspecified atom stereocenters. The first-order valence-corrected chi connectivity index (χ1v) is 6.99. The van der Waals surface area contributed by atoms with Crippen LogP contribution in [-0.2, 0) is 0 Å². The van der Waals surface area contributed by atoms with Gasteiger partial charge in [-0.3, -0.25) is 0 Å². The highest BCUT2D eigenvalue weighted by Gasteiger charge is 2.18. The smallest absolute Gasteiger partial charge is 0.139 e. The van der Waals surface area contributed by atoms with Crippen LogP contribution in [0.2, 0.25) is 0 Å². The fourth-order valence-electron chi connectivity index (χ4n) is 2.94. The Morgan fingerprint density at radius 1 is 1.29 bits per heavy atom. The highest BCUT2D eigenvalue weighted by atomic mass is 15.6. The summed E-state index contributed by atoms with van der Waals surface area (Å²) >= 11 is 0. The minimum absolute atomic E-state index is 0.881. The third-order valence-electron chi connectivity index (χ3n) is 4.03. The number of aromatic nitrogens is 4. The van der Waals surface area contributed by atoms with E-state index >= 15 is 0 Å². The summed E-state index contributed by atoms with van der Waals surface area (Å²) in [4.78, 5) is 12.0. The molecule has 3 aromatic rings. The second kappa shape index (κ2) is 4.63. The maximum absolute atomic E-state index is 8.74. The van der Waals surface area contributed by atoms with E-state index in [9.17, 15) is 0 Å². The number of pyridine rings is 1. The Bertz CT molecular complexity index is 868. The Balaban J connectivity index is 1.76. The molecule has 0 spiro atoms. The van der Waals surface area contributed by atoms with Gasteiger partial charge in [0.1, 0.15) is 23.0 Å². The predicted octanol–water partition coefficient (Wildman–Crippen LogP) is 2.09. The molecular weight excluding hydrogens is 264 g/mol. The lowest BCUT2D eigenvalue weighted by atomic mass is 10.1. The summed E-state index contributed by atoms with van der Waals surface area (Å²) in [6.45, 7) is 1.79. The van der Waals surface area contributed by atoms with Crippen LogP contribution in [0, 0.1) is 11.3 Å². The van der Waals surface area contributed by atoms with Crippen LogP contribution in [0.4, 0.5) is 0 Å². The number of nitrogens with one attached hydrogen (secondary N) is 1. The van der Waals surface area contributed by atoms with Crippen molar-refractivity contribution in [2.24, 2.45) is 0 Å². The second-order valence-corrected chi connectivity index (χ2v) is 5.21. The maximum Gasteiger partial charge on any atom is 0.139 e. The molecule has 0 aromatic carbocycles. The molecule has 1 saturated heterocycles. The molecule has 1 fully saturated rings. The number of nitrogens with zero attached hydrogens (tertiary/aromatic N) is 5. The highest BCUT2D eigenvalue weighted by Crippen LogP contribution is 2.24. The first-order chi connectivity index (χ1) is 10.4. The predicted molar refractivity (Wildman–Crippen MR) is 80.3 cm³/mol.